The molecule has 0 fully saturated rings. The van der Waals surface area contributed by atoms with Crippen LogP contribution in [0.3, 0.4) is 0 Å². The first-order valence-corrected chi connectivity index (χ1v) is 13.0. The maximum Gasteiger partial charge on any atom is 0.287 e. The number of carbonyl (C=O) groups excluding carboxylic acids is 2. The number of aromatic amines is 1. The average molecular weight is 522 g/mol. The lowest BCUT2D eigenvalue weighted by Crippen LogP contribution is -2.32. The fraction of sp³-hybridized carbons (Fsp3) is 0.200. The second-order valence-electron chi connectivity index (χ2n) is 8.16. The van der Waals surface area contributed by atoms with Crippen LogP contribution in [0.5, 0.6) is 0 Å². The minimum atomic E-state index is -0.449. The second kappa shape index (κ2) is 10.3. The number of hydrogen-bond donors (Lipinski definition) is 3. The van der Waals surface area contributed by atoms with Crippen LogP contribution in [0.25, 0.3) is 20.7 Å². The Morgan fingerprint density at radius 3 is 2.94 bits per heavy atom. The van der Waals surface area contributed by atoms with Crippen molar-refractivity contribution in [2.24, 2.45) is 5.73 Å². The molecule has 4 heterocycles. The van der Waals surface area contributed by atoms with E-state index in [9.17, 15) is 14.4 Å². The van der Waals surface area contributed by atoms with Gasteiger partial charge in [-0.2, -0.15) is 0 Å². The Kier molecular flexibility index (Phi) is 6.83. The molecule has 0 bridgehead atoms. The number of ether oxygens (including phenoxy) is 1. The second-order valence-corrected chi connectivity index (χ2v) is 9.97. The number of carbonyl (C=O) groups is 2. The van der Waals surface area contributed by atoms with Crippen molar-refractivity contribution >= 4 is 45.1 Å². The van der Waals surface area contributed by atoms with Crippen LogP contribution in [0.4, 0.5) is 0 Å². The first kappa shape index (κ1) is 23.8. The topological polar surface area (TPSA) is 130 Å². The van der Waals surface area contributed by atoms with Gasteiger partial charge in [-0.25, -0.2) is 4.98 Å². The molecule has 1 aromatic carbocycles. The van der Waals surface area contributed by atoms with Crippen molar-refractivity contribution < 1.29 is 14.3 Å². The average Bonchev–Trinajstić information content (AvgIpc) is 3.57. The molecule has 0 radical (unpaired) electrons. The summed E-state index contributed by atoms with van der Waals surface area (Å²) in [5, 5.41) is 7.20. The van der Waals surface area contributed by atoms with Crippen molar-refractivity contribution in [3.05, 3.63) is 86.0 Å². The molecule has 0 spiro atoms. The predicted octanol–water partition coefficient (Wildman–Crippen LogP) is 2.97. The highest BCUT2D eigenvalue weighted by Gasteiger charge is 2.20. The molecule has 0 atom stereocenters. The van der Waals surface area contributed by atoms with Gasteiger partial charge in [0.05, 0.1) is 11.6 Å². The third kappa shape index (κ3) is 4.75. The zero-order valence-electron chi connectivity index (χ0n) is 19.2. The fourth-order valence-electron chi connectivity index (χ4n) is 4.21. The zero-order valence-corrected chi connectivity index (χ0v) is 20.8. The molecule has 1 amide bonds. The van der Waals surface area contributed by atoms with Crippen molar-refractivity contribution in [3.8, 4) is 10.4 Å². The van der Waals surface area contributed by atoms with Crippen LogP contribution in [-0.2, 0) is 29.0 Å². The summed E-state index contributed by atoms with van der Waals surface area (Å²) in [5.41, 5.74) is 9.40. The Morgan fingerprint density at radius 1 is 1.28 bits per heavy atom. The Morgan fingerprint density at radius 2 is 2.17 bits per heavy atom. The van der Waals surface area contributed by atoms with Crippen LogP contribution in [-0.4, -0.2) is 40.2 Å². The van der Waals surface area contributed by atoms with Gasteiger partial charge in [0.2, 0.25) is 11.7 Å². The molecular weight excluding hydrogens is 498 g/mol. The van der Waals surface area contributed by atoms with Crippen molar-refractivity contribution in [3.63, 3.8) is 0 Å². The number of benzene rings is 1. The van der Waals surface area contributed by atoms with Gasteiger partial charge in [0.25, 0.3) is 11.5 Å². The standard InChI is InChI=1S/C25H23N5O4S2/c26-11-20(34-8-7-31)30-6-5-16-4-3-15(10-17(16)13-30)12-27-24(33)22-28-23(32)21-18(14-36-25(21)29-22)19-2-1-9-35-19/h1-4,7,9-11,14H,5-6,8,12-13,26H2,(H,27,33)(H,28,29,32)/b20-11+. The molecule has 1 aliphatic heterocycles. The Hall–Kier alpha value is -3.96. The molecule has 11 heteroatoms. The molecule has 0 aliphatic carbocycles. The summed E-state index contributed by atoms with van der Waals surface area (Å²) in [6.45, 7) is 1.53. The van der Waals surface area contributed by atoms with Crippen molar-refractivity contribution in [1.29, 1.82) is 0 Å². The van der Waals surface area contributed by atoms with Gasteiger partial charge in [-0.15, -0.1) is 22.7 Å². The number of aromatic nitrogens is 2. The quantitative estimate of drug-likeness (QED) is 0.240. The summed E-state index contributed by atoms with van der Waals surface area (Å²) in [6, 6.07) is 9.94. The third-order valence-corrected chi connectivity index (χ3v) is 7.71. The molecule has 0 saturated heterocycles. The number of nitrogens with two attached hydrogens (primary N) is 1. The van der Waals surface area contributed by atoms with Gasteiger partial charge in [0.1, 0.15) is 11.4 Å². The van der Waals surface area contributed by atoms with E-state index in [0.717, 1.165) is 34.5 Å². The molecule has 36 heavy (non-hydrogen) atoms. The number of fused-ring (bicyclic) bond motifs is 2. The summed E-state index contributed by atoms with van der Waals surface area (Å²) in [4.78, 5) is 46.8. The molecule has 3 aromatic heterocycles. The van der Waals surface area contributed by atoms with E-state index in [2.05, 4.69) is 21.4 Å². The van der Waals surface area contributed by atoms with E-state index in [4.69, 9.17) is 10.5 Å². The lowest BCUT2D eigenvalue weighted by molar-refractivity contribution is -0.111. The normalized spacial score (nSPS) is 13.4. The van der Waals surface area contributed by atoms with E-state index in [1.54, 1.807) is 11.3 Å². The Labute approximate surface area is 214 Å². The van der Waals surface area contributed by atoms with Crippen LogP contribution >= 0.6 is 22.7 Å². The summed E-state index contributed by atoms with van der Waals surface area (Å²) in [6.07, 6.45) is 2.85. The molecule has 5 rings (SSSR count). The van der Waals surface area contributed by atoms with Crippen molar-refractivity contribution in [2.45, 2.75) is 19.5 Å². The SMILES string of the molecule is N/C=C(/OCC=O)N1CCc2ccc(CNC(=O)c3nc4scc(-c5cccs5)c4c(=O)[nH]3)cc2C1. The van der Waals surface area contributed by atoms with Gasteiger partial charge in [-0.1, -0.05) is 24.3 Å². The van der Waals surface area contributed by atoms with Gasteiger partial charge in [0, 0.05) is 35.5 Å². The first-order chi connectivity index (χ1) is 17.6. The van der Waals surface area contributed by atoms with E-state index >= 15 is 0 Å². The highest BCUT2D eigenvalue weighted by atomic mass is 32.1. The molecule has 1 aliphatic rings. The van der Waals surface area contributed by atoms with E-state index in [1.165, 1.54) is 23.1 Å². The van der Waals surface area contributed by atoms with E-state index in [1.807, 2.05) is 39.9 Å². The Balaban J connectivity index is 1.29. The molecule has 184 valence electrons. The first-order valence-electron chi connectivity index (χ1n) is 11.2. The highest BCUT2D eigenvalue weighted by molar-refractivity contribution is 7.18. The van der Waals surface area contributed by atoms with Crippen LogP contribution in [0.1, 0.15) is 27.3 Å². The van der Waals surface area contributed by atoms with Crippen LogP contribution in [0, 0.1) is 0 Å². The van der Waals surface area contributed by atoms with Crippen molar-refractivity contribution in [1.82, 2.24) is 20.2 Å². The van der Waals surface area contributed by atoms with E-state index in [-0.39, 0.29) is 24.5 Å². The van der Waals surface area contributed by atoms with Gasteiger partial charge < -0.3 is 25.7 Å². The van der Waals surface area contributed by atoms with Crippen molar-refractivity contribution in [2.75, 3.05) is 13.2 Å². The number of nitrogens with zero attached hydrogens (tertiary/aromatic N) is 2. The molecule has 4 aromatic rings. The summed E-state index contributed by atoms with van der Waals surface area (Å²) >= 11 is 2.89. The molecule has 0 saturated carbocycles. The predicted molar refractivity (Wildman–Crippen MR) is 140 cm³/mol. The van der Waals surface area contributed by atoms with Crippen LogP contribution in [0.15, 0.2) is 58.0 Å². The zero-order chi connectivity index (χ0) is 25.1. The van der Waals surface area contributed by atoms with E-state index in [0.29, 0.717) is 28.9 Å². The molecular formula is C25H23N5O4S2. The van der Waals surface area contributed by atoms with Gasteiger partial charge in [-0.3, -0.25) is 14.4 Å². The van der Waals surface area contributed by atoms with Gasteiger partial charge >= 0.3 is 0 Å². The van der Waals surface area contributed by atoms with E-state index < -0.39 is 5.91 Å². The molecule has 0 unspecified atom stereocenters. The number of hydrogen-bond acceptors (Lipinski definition) is 9. The number of nitrogens with one attached hydrogen (secondary N) is 2. The number of H-pyrrole nitrogens is 1. The number of amides is 1. The molecule has 4 N–H and O–H groups in total. The summed E-state index contributed by atoms with van der Waals surface area (Å²) in [7, 11) is 0. The minimum absolute atomic E-state index is 0.0127. The lowest BCUT2D eigenvalue weighted by atomic mass is 9.97. The summed E-state index contributed by atoms with van der Waals surface area (Å²) in [5.74, 6) is 0.00370. The monoisotopic (exact) mass is 521 g/mol. The minimum Gasteiger partial charge on any atom is -0.470 e. The third-order valence-electron chi connectivity index (χ3n) is 5.94. The maximum absolute atomic E-state index is 12.8. The van der Waals surface area contributed by atoms with Crippen LogP contribution in [0.2, 0.25) is 0 Å². The lowest BCUT2D eigenvalue weighted by Gasteiger charge is -2.31. The van der Waals surface area contributed by atoms with Crippen LogP contribution < -0.4 is 16.6 Å². The summed E-state index contributed by atoms with van der Waals surface area (Å²) < 4.78 is 5.42. The number of thiophene rings is 2. The number of aldehydes is 1. The van der Waals surface area contributed by atoms with Gasteiger partial charge in [-0.05, 0) is 34.6 Å². The Bertz CT molecular complexity index is 1510. The maximum atomic E-state index is 12.8. The highest BCUT2D eigenvalue weighted by Crippen LogP contribution is 2.33. The molecule has 9 nitrogen and oxygen atoms in total. The fourth-order valence-corrected chi connectivity index (χ4v) is 5.97. The smallest absolute Gasteiger partial charge is 0.287 e. The van der Waals surface area contributed by atoms with Gasteiger partial charge in [0.15, 0.2) is 6.29 Å². The largest absolute Gasteiger partial charge is 0.470 e. The number of rotatable bonds is 8.